The van der Waals surface area contributed by atoms with Crippen LogP contribution in [-0.2, 0) is 9.59 Å². The molecule has 2 heterocycles. The lowest BCUT2D eigenvalue weighted by Gasteiger charge is -2.28. The number of carbonyl (C=O) groups excluding carboxylic acids is 2. The second-order valence-corrected chi connectivity index (χ2v) is 7.15. The topological polar surface area (TPSA) is 83.0 Å². The van der Waals surface area contributed by atoms with Gasteiger partial charge in [0.25, 0.3) is 11.7 Å². The molecule has 1 saturated heterocycles. The molecule has 1 fully saturated rings. The third kappa shape index (κ3) is 4.44. The summed E-state index contributed by atoms with van der Waals surface area (Å²) in [5, 5.41) is 11.0. The first kappa shape index (κ1) is 22.4. The molecule has 0 aliphatic carbocycles. The third-order valence-corrected chi connectivity index (χ3v) is 5.54. The number of rotatable bonds is 8. The molecule has 7 nitrogen and oxygen atoms in total. The fraction of sp³-hybridized carbons (Fsp3) is 0.348. The predicted molar refractivity (Wildman–Crippen MR) is 114 cm³/mol. The molecule has 1 aliphatic heterocycles. The first-order chi connectivity index (χ1) is 14.9. The van der Waals surface area contributed by atoms with E-state index in [1.54, 1.807) is 24.5 Å². The standard InChI is InChI=1S/C23H26FN3O4/c1-4-26(5-2)12-13-27-20(15-8-10-25-11-9-15)19(22(29)23(27)30)21(28)16-6-7-18(31-3)17(24)14-16/h6-11,14,20,28H,4-5,12-13H2,1-3H3. The van der Waals surface area contributed by atoms with Gasteiger partial charge in [-0.05, 0) is 49.0 Å². The molecule has 8 heteroatoms. The number of hydrogen-bond acceptors (Lipinski definition) is 6. The summed E-state index contributed by atoms with van der Waals surface area (Å²) in [6, 6.07) is 6.50. The Hall–Kier alpha value is -3.26. The average molecular weight is 427 g/mol. The highest BCUT2D eigenvalue weighted by Crippen LogP contribution is 2.39. The van der Waals surface area contributed by atoms with Gasteiger partial charge in [-0.2, -0.15) is 0 Å². The van der Waals surface area contributed by atoms with Crippen molar-refractivity contribution in [2.45, 2.75) is 19.9 Å². The van der Waals surface area contributed by atoms with E-state index < -0.39 is 29.3 Å². The zero-order valence-corrected chi connectivity index (χ0v) is 17.8. The molecule has 1 aromatic heterocycles. The molecule has 0 bridgehead atoms. The van der Waals surface area contributed by atoms with Crippen molar-refractivity contribution in [1.29, 1.82) is 0 Å². The SMILES string of the molecule is CCN(CC)CCN1C(=O)C(=O)C(=C(O)c2ccc(OC)c(F)c2)C1c1ccncc1. The molecule has 164 valence electrons. The smallest absolute Gasteiger partial charge is 0.295 e. The van der Waals surface area contributed by atoms with Crippen LogP contribution >= 0.6 is 0 Å². The quantitative estimate of drug-likeness (QED) is 0.396. The Balaban J connectivity index is 2.08. The molecule has 3 rings (SSSR count). The summed E-state index contributed by atoms with van der Waals surface area (Å²) in [7, 11) is 1.34. The summed E-state index contributed by atoms with van der Waals surface area (Å²) in [4.78, 5) is 33.4. The van der Waals surface area contributed by atoms with Gasteiger partial charge < -0.3 is 19.6 Å². The number of likely N-dealkylation sites (tertiary alicyclic amines) is 1. The maximum absolute atomic E-state index is 14.2. The highest BCUT2D eigenvalue weighted by Gasteiger charge is 2.46. The summed E-state index contributed by atoms with van der Waals surface area (Å²) in [6.45, 7) is 6.56. The number of benzene rings is 1. The number of ketones is 1. The molecule has 0 saturated carbocycles. The Morgan fingerprint density at radius 2 is 1.87 bits per heavy atom. The molecule has 1 atom stereocenters. The van der Waals surface area contributed by atoms with E-state index in [9.17, 15) is 19.1 Å². The van der Waals surface area contributed by atoms with E-state index in [2.05, 4.69) is 9.88 Å². The van der Waals surface area contributed by atoms with Crippen LogP contribution in [0.3, 0.4) is 0 Å². The summed E-state index contributed by atoms with van der Waals surface area (Å²) in [5.74, 6) is -2.57. The Morgan fingerprint density at radius 3 is 2.45 bits per heavy atom. The molecule has 31 heavy (non-hydrogen) atoms. The van der Waals surface area contributed by atoms with Crippen LogP contribution in [0.5, 0.6) is 5.75 Å². The van der Waals surface area contributed by atoms with Gasteiger partial charge >= 0.3 is 0 Å². The van der Waals surface area contributed by atoms with Gasteiger partial charge in [0.1, 0.15) is 5.76 Å². The Bertz CT molecular complexity index is 990. The number of Topliss-reactive ketones (excluding diaryl/α,β-unsaturated/α-hetero) is 1. The largest absolute Gasteiger partial charge is 0.507 e. The molecule has 2 aromatic rings. The van der Waals surface area contributed by atoms with Crippen molar-refractivity contribution in [2.75, 3.05) is 33.3 Å². The number of aromatic nitrogens is 1. The van der Waals surface area contributed by atoms with E-state index in [-0.39, 0.29) is 16.9 Å². The number of methoxy groups -OCH3 is 1. The Kier molecular flexibility index (Phi) is 7.02. The fourth-order valence-corrected chi connectivity index (χ4v) is 3.76. The number of aliphatic hydroxyl groups is 1. The third-order valence-electron chi connectivity index (χ3n) is 5.54. The second kappa shape index (κ2) is 9.70. The van der Waals surface area contributed by atoms with E-state index in [4.69, 9.17) is 4.74 Å². The number of ether oxygens (including phenoxy) is 1. The van der Waals surface area contributed by atoms with Crippen LogP contribution in [-0.4, -0.2) is 64.9 Å². The Labute approximate surface area is 180 Å². The van der Waals surface area contributed by atoms with Gasteiger partial charge in [-0.15, -0.1) is 0 Å². The lowest BCUT2D eigenvalue weighted by atomic mass is 9.96. The predicted octanol–water partition coefficient (Wildman–Crippen LogP) is 2.99. The highest BCUT2D eigenvalue weighted by molar-refractivity contribution is 6.46. The zero-order valence-electron chi connectivity index (χ0n) is 17.8. The number of likely N-dealkylation sites (N-methyl/N-ethyl adjacent to an activating group) is 1. The fourth-order valence-electron chi connectivity index (χ4n) is 3.76. The normalized spacial score (nSPS) is 18.1. The lowest BCUT2D eigenvalue weighted by Crippen LogP contribution is -2.38. The van der Waals surface area contributed by atoms with Crippen molar-refractivity contribution in [3.05, 3.63) is 65.2 Å². The summed E-state index contributed by atoms with van der Waals surface area (Å²) in [6.07, 6.45) is 3.12. The first-order valence-corrected chi connectivity index (χ1v) is 10.2. The van der Waals surface area contributed by atoms with Gasteiger partial charge in [-0.3, -0.25) is 14.6 Å². The van der Waals surface area contributed by atoms with Crippen LogP contribution in [0, 0.1) is 5.82 Å². The van der Waals surface area contributed by atoms with E-state index in [0.29, 0.717) is 18.7 Å². The number of pyridine rings is 1. The minimum absolute atomic E-state index is 0.0157. The number of hydrogen-bond donors (Lipinski definition) is 1. The minimum atomic E-state index is -0.796. The van der Waals surface area contributed by atoms with Crippen LogP contribution in [0.2, 0.25) is 0 Å². The minimum Gasteiger partial charge on any atom is -0.507 e. The van der Waals surface area contributed by atoms with Gasteiger partial charge in [0.2, 0.25) is 0 Å². The maximum atomic E-state index is 14.2. The maximum Gasteiger partial charge on any atom is 0.295 e. The molecule has 0 radical (unpaired) electrons. The van der Waals surface area contributed by atoms with Crippen LogP contribution < -0.4 is 4.74 Å². The van der Waals surface area contributed by atoms with Gasteiger partial charge in [-0.25, -0.2) is 4.39 Å². The van der Waals surface area contributed by atoms with Crippen molar-refractivity contribution in [3.63, 3.8) is 0 Å². The van der Waals surface area contributed by atoms with E-state index in [0.717, 1.165) is 19.2 Å². The summed E-state index contributed by atoms with van der Waals surface area (Å²) in [5.41, 5.74) is 0.670. The molecule has 1 unspecified atom stereocenters. The monoisotopic (exact) mass is 427 g/mol. The molecular formula is C23H26FN3O4. The van der Waals surface area contributed by atoms with Crippen molar-refractivity contribution in [1.82, 2.24) is 14.8 Å². The number of amides is 1. The molecule has 1 N–H and O–H groups in total. The van der Waals surface area contributed by atoms with Gasteiger partial charge in [0.05, 0.1) is 18.7 Å². The molecule has 1 amide bonds. The van der Waals surface area contributed by atoms with Crippen molar-refractivity contribution < 1.29 is 23.8 Å². The number of halogens is 1. The van der Waals surface area contributed by atoms with E-state index in [1.807, 2.05) is 13.8 Å². The van der Waals surface area contributed by atoms with E-state index >= 15 is 0 Å². The molecular weight excluding hydrogens is 401 g/mol. The average Bonchev–Trinajstić information content (AvgIpc) is 3.04. The van der Waals surface area contributed by atoms with Crippen LogP contribution in [0.15, 0.2) is 48.3 Å². The van der Waals surface area contributed by atoms with Crippen molar-refractivity contribution in [3.8, 4) is 5.75 Å². The molecule has 1 aliphatic rings. The van der Waals surface area contributed by atoms with Crippen LogP contribution in [0.4, 0.5) is 4.39 Å². The lowest BCUT2D eigenvalue weighted by molar-refractivity contribution is -0.140. The van der Waals surface area contributed by atoms with Crippen LogP contribution in [0.1, 0.15) is 31.0 Å². The highest BCUT2D eigenvalue weighted by atomic mass is 19.1. The van der Waals surface area contributed by atoms with Crippen LogP contribution in [0.25, 0.3) is 5.76 Å². The van der Waals surface area contributed by atoms with E-state index in [1.165, 1.54) is 24.1 Å². The number of aliphatic hydroxyl groups excluding tert-OH is 1. The summed E-state index contributed by atoms with van der Waals surface area (Å²) >= 11 is 0. The van der Waals surface area contributed by atoms with Crippen molar-refractivity contribution >= 4 is 17.4 Å². The van der Waals surface area contributed by atoms with Gasteiger partial charge in [0, 0.05) is 31.0 Å². The second-order valence-electron chi connectivity index (χ2n) is 7.15. The summed E-state index contributed by atoms with van der Waals surface area (Å²) < 4.78 is 19.1. The zero-order chi connectivity index (χ0) is 22.5. The van der Waals surface area contributed by atoms with Crippen molar-refractivity contribution in [2.24, 2.45) is 0 Å². The van der Waals surface area contributed by atoms with Gasteiger partial charge in [0.15, 0.2) is 11.6 Å². The number of carbonyl (C=O) groups is 2. The Morgan fingerprint density at radius 1 is 1.19 bits per heavy atom. The van der Waals surface area contributed by atoms with Gasteiger partial charge in [-0.1, -0.05) is 13.8 Å². The first-order valence-electron chi connectivity index (χ1n) is 10.2. The molecule has 0 spiro atoms. The molecule has 1 aromatic carbocycles. The number of nitrogens with zero attached hydrogens (tertiary/aromatic N) is 3.